The lowest BCUT2D eigenvalue weighted by Gasteiger charge is -2.20. The summed E-state index contributed by atoms with van der Waals surface area (Å²) in [6.07, 6.45) is -5.59. The third kappa shape index (κ3) is 1.97. The molecule has 0 bridgehead atoms. The molecule has 0 unspecified atom stereocenters. The van der Waals surface area contributed by atoms with Crippen molar-refractivity contribution in [1.29, 1.82) is 0 Å². The number of hydrogen-bond donors (Lipinski definition) is 0. The van der Waals surface area contributed by atoms with Gasteiger partial charge in [-0.25, -0.2) is 0 Å². The Bertz CT molecular complexity index is 542. The van der Waals surface area contributed by atoms with E-state index in [0.717, 1.165) is 12.1 Å². The highest BCUT2D eigenvalue weighted by Gasteiger charge is 2.58. The highest BCUT2D eigenvalue weighted by atomic mass is 19.4. The summed E-state index contributed by atoms with van der Waals surface area (Å²) in [7, 11) is 0. The second-order valence-electron chi connectivity index (χ2n) is 3.54. The molecule has 2 aromatic carbocycles. The lowest BCUT2D eigenvalue weighted by Crippen LogP contribution is -2.33. The van der Waals surface area contributed by atoms with Crippen molar-refractivity contribution in [3.63, 3.8) is 0 Å². The molecule has 2 aromatic rings. The van der Waals surface area contributed by atoms with Crippen molar-refractivity contribution in [2.75, 3.05) is 0 Å². The van der Waals surface area contributed by atoms with Crippen LogP contribution in [0.5, 0.6) is 0 Å². The summed E-state index contributed by atoms with van der Waals surface area (Å²) in [5.41, 5.74) is -1.07. The molecule has 0 fully saturated rings. The highest BCUT2D eigenvalue weighted by molar-refractivity contribution is 5.82. The first kappa shape index (κ1) is 11.8. The van der Waals surface area contributed by atoms with Gasteiger partial charge in [0.15, 0.2) is 0 Å². The minimum absolute atomic E-state index is 0.230. The van der Waals surface area contributed by atoms with E-state index in [1.54, 1.807) is 12.1 Å². The minimum atomic E-state index is -5.59. The summed E-state index contributed by atoms with van der Waals surface area (Å²) in [6.45, 7) is 0. The first-order chi connectivity index (χ1) is 7.82. The Kier molecular flexibility index (Phi) is 2.56. The summed E-state index contributed by atoms with van der Waals surface area (Å²) in [6, 6.07) is 10.1. The number of benzene rings is 2. The lowest BCUT2D eigenvalue weighted by molar-refractivity contribution is -0.289. The molecular formula is C12H6F5. The molecule has 0 N–H and O–H groups in total. The summed E-state index contributed by atoms with van der Waals surface area (Å²) in [4.78, 5) is 0. The number of fused-ring (bicyclic) bond motifs is 1. The van der Waals surface area contributed by atoms with E-state index in [1.807, 2.05) is 0 Å². The Hall–Kier alpha value is -1.65. The fourth-order valence-corrected chi connectivity index (χ4v) is 1.48. The van der Waals surface area contributed by atoms with Crippen LogP contribution in [0.3, 0.4) is 0 Å². The standard InChI is InChI=1S/C12H6F5/c13-11(14,12(15,16)17)10-6-5-8-3-1-2-4-9(8)7-10/h1-3,5-7H. The second kappa shape index (κ2) is 3.68. The van der Waals surface area contributed by atoms with E-state index >= 15 is 0 Å². The number of alkyl halides is 5. The van der Waals surface area contributed by atoms with E-state index in [-0.39, 0.29) is 5.39 Å². The van der Waals surface area contributed by atoms with Crippen LogP contribution in [-0.4, -0.2) is 6.18 Å². The molecule has 89 valence electrons. The van der Waals surface area contributed by atoms with Crippen LogP contribution in [0.4, 0.5) is 22.0 Å². The van der Waals surface area contributed by atoms with Crippen molar-refractivity contribution in [3.8, 4) is 0 Å². The Morgan fingerprint density at radius 3 is 2.29 bits per heavy atom. The van der Waals surface area contributed by atoms with Gasteiger partial charge in [-0.1, -0.05) is 30.3 Å². The van der Waals surface area contributed by atoms with Crippen LogP contribution in [0, 0.1) is 6.07 Å². The maximum Gasteiger partial charge on any atom is 0.458 e. The van der Waals surface area contributed by atoms with Crippen molar-refractivity contribution < 1.29 is 22.0 Å². The molecule has 0 aliphatic rings. The normalized spacial score (nSPS) is 13.0. The molecule has 2 rings (SSSR count). The highest BCUT2D eigenvalue weighted by Crippen LogP contribution is 2.44. The smallest absolute Gasteiger partial charge is 0.191 e. The van der Waals surface area contributed by atoms with Gasteiger partial charge in [0, 0.05) is 5.56 Å². The van der Waals surface area contributed by atoms with Crippen molar-refractivity contribution in [2.45, 2.75) is 12.1 Å². The molecule has 0 aliphatic heterocycles. The van der Waals surface area contributed by atoms with Gasteiger partial charge in [0.2, 0.25) is 0 Å². The van der Waals surface area contributed by atoms with Crippen LogP contribution in [0.2, 0.25) is 0 Å². The number of halogens is 5. The molecule has 0 nitrogen and oxygen atoms in total. The Balaban J connectivity index is 2.57. The molecule has 0 heterocycles. The van der Waals surface area contributed by atoms with Crippen molar-refractivity contribution in [3.05, 3.63) is 48.0 Å². The van der Waals surface area contributed by atoms with E-state index in [2.05, 4.69) is 6.07 Å². The van der Waals surface area contributed by atoms with Crippen molar-refractivity contribution in [2.24, 2.45) is 0 Å². The van der Waals surface area contributed by atoms with Crippen LogP contribution < -0.4 is 0 Å². The maximum absolute atomic E-state index is 13.1. The summed E-state index contributed by atoms with van der Waals surface area (Å²) in [5, 5.41) is 0.795. The summed E-state index contributed by atoms with van der Waals surface area (Å²) in [5.74, 6) is -4.84. The molecule has 0 amide bonds. The van der Waals surface area contributed by atoms with E-state index < -0.39 is 17.7 Å². The van der Waals surface area contributed by atoms with Gasteiger partial charge in [-0.15, -0.1) is 0 Å². The minimum Gasteiger partial charge on any atom is -0.191 e. The van der Waals surface area contributed by atoms with Crippen LogP contribution >= 0.6 is 0 Å². The van der Waals surface area contributed by atoms with Gasteiger partial charge < -0.3 is 0 Å². The molecule has 17 heavy (non-hydrogen) atoms. The molecule has 0 spiro atoms. The molecular weight excluding hydrogens is 239 g/mol. The van der Waals surface area contributed by atoms with Gasteiger partial charge in [0.1, 0.15) is 0 Å². The average Bonchev–Trinajstić information content (AvgIpc) is 2.27. The third-order valence-electron chi connectivity index (χ3n) is 2.38. The van der Waals surface area contributed by atoms with Gasteiger partial charge in [-0.2, -0.15) is 22.0 Å². The maximum atomic E-state index is 13.1. The van der Waals surface area contributed by atoms with Crippen LogP contribution in [0.25, 0.3) is 10.8 Å². The molecule has 0 aliphatic carbocycles. The predicted molar refractivity (Wildman–Crippen MR) is 52.7 cm³/mol. The molecule has 0 saturated carbocycles. The third-order valence-corrected chi connectivity index (χ3v) is 2.38. The first-order valence-electron chi connectivity index (χ1n) is 4.68. The second-order valence-corrected chi connectivity index (χ2v) is 3.54. The monoisotopic (exact) mass is 245 g/mol. The largest absolute Gasteiger partial charge is 0.458 e. The average molecular weight is 245 g/mol. The van der Waals surface area contributed by atoms with E-state index in [4.69, 9.17) is 0 Å². The zero-order valence-corrected chi connectivity index (χ0v) is 8.35. The lowest BCUT2D eigenvalue weighted by atomic mass is 10.0. The summed E-state index contributed by atoms with van der Waals surface area (Å²) >= 11 is 0. The molecule has 1 radical (unpaired) electrons. The SMILES string of the molecule is FC(F)(F)C(F)(F)c1ccc2ccc[c]c2c1. The fraction of sp³-hybridized carbons (Fsp3) is 0.167. The number of rotatable bonds is 1. The first-order valence-corrected chi connectivity index (χ1v) is 4.68. The van der Waals surface area contributed by atoms with Crippen molar-refractivity contribution in [1.82, 2.24) is 0 Å². The Morgan fingerprint density at radius 2 is 1.65 bits per heavy atom. The summed E-state index contributed by atoms with van der Waals surface area (Å²) < 4.78 is 62.6. The van der Waals surface area contributed by atoms with Crippen LogP contribution in [-0.2, 0) is 5.92 Å². The Labute approximate surface area is 93.7 Å². The van der Waals surface area contributed by atoms with Gasteiger partial charge in [0.05, 0.1) is 0 Å². The zero-order chi connectivity index (χ0) is 12.7. The molecule has 0 aromatic heterocycles. The van der Waals surface area contributed by atoms with Crippen molar-refractivity contribution >= 4 is 10.8 Å². The molecule has 0 atom stereocenters. The quantitative estimate of drug-likeness (QED) is 0.657. The van der Waals surface area contributed by atoms with Crippen LogP contribution in [0.1, 0.15) is 5.56 Å². The van der Waals surface area contributed by atoms with E-state index in [1.165, 1.54) is 12.1 Å². The molecule has 5 heteroatoms. The van der Waals surface area contributed by atoms with Gasteiger partial charge in [-0.3, -0.25) is 0 Å². The van der Waals surface area contributed by atoms with Gasteiger partial charge in [0.25, 0.3) is 0 Å². The molecule has 0 saturated heterocycles. The Morgan fingerprint density at radius 1 is 0.941 bits per heavy atom. The van der Waals surface area contributed by atoms with E-state index in [9.17, 15) is 22.0 Å². The van der Waals surface area contributed by atoms with Crippen LogP contribution in [0.15, 0.2) is 36.4 Å². The van der Waals surface area contributed by atoms with E-state index in [0.29, 0.717) is 5.39 Å². The van der Waals surface area contributed by atoms with Gasteiger partial charge >= 0.3 is 12.1 Å². The fourth-order valence-electron chi connectivity index (χ4n) is 1.48. The zero-order valence-electron chi connectivity index (χ0n) is 8.35. The predicted octanol–water partition coefficient (Wildman–Crippen LogP) is 4.29. The topological polar surface area (TPSA) is 0 Å². The van der Waals surface area contributed by atoms with Gasteiger partial charge in [-0.05, 0) is 22.9 Å². The number of hydrogen-bond acceptors (Lipinski definition) is 0.